The summed E-state index contributed by atoms with van der Waals surface area (Å²) in [5.74, 6) is 0.767. The van der Waals surface area contributed by atoms with Crippen molar-refractivity contribution in [3.05, 3.63) is 70.8 Å². The molecule has 1 aliphatic rings. The molecule has 1 unspecified atom stereocenters. The van der Waals surface area contributed by atoms with Gasteiger partial charge in [-0.2, -0.15) is 0 Å². The van der Waals surface area contributed by atoms with E-state index in [0.717, 1.165) is 24.3 Å². The molecule has 0 aliphatic heterocycles. The minimum atomic E-state index is -0.360. The van der Waals surface area contributed by atoms with Crippen molar-refractivity contribution in [3.63, 3.8) is 0 Å². The number of hydrogen-bond acceptors (Lipinski definition) is 1. The third-order valence-electron chi connectivity index (χ3n) is 4.69. The summed E-state index contributed by atoms with van der Waals surface area (Å²) in [7, 11) is 0. The summed E-state index contributed by atoms with van der Waals surface area (Å²) in [6.45, 7) is 2.11. The van der Waals surface area contributed by atoms with E-state index < -0.39 is 0 Å². The molecule has 0 bridgehead atoms. The molecule has 2 aromatic rings. The fourth-order valence-electron chi connectivity index (χ4n) is 3.07. The molecule has 0 amide bonds. The first-order chi connectivity index (χ1) is 10.2. The van der Waals surface area contributed by atoms with E-state index in [9.17, 15) is 5.11 Å². The highest BCUT2D eigenvalue weighted by molar-refractivity contribution is 5.28. The summed E-state index contributed by atoms with van der Waals surface area (Å²) in [4.78, 5) is 0. The van der Waals surface area contributed by atoms with Crippen LogP contribution in [0.2, 0.25) is 0 Å². The summed E-state index contributed by atoms with van der Waals surface area (Å²) in [6, 6.07) is 17.2. The second-order valence-electron chi connectivity index (χ2n) is 6.34. The number of hydrogen-bond donors (Lipinski definition) is 1. The minimum absolute atomic E-state index is 0.360. The third-order valence-corrected chi connectivity index (χ3v) is 4.69. The van der Waals surface area contributed by atoms with E-state index in [1.807, 2.05) is 0 Å². The fraction of sp³-hybridized carbons (Fsp3) is 0.400. The average Bonchev–Trinajstić information content (AvgIpc) is 2.44. The van der Waals surface area contributed by atoms with Gasteiger partial charge in [-0.05, 0) is 55.2 Å². The Morgan fingerprint density at radius 2 is 1.86 bits per heavy atom. The number of rotatable bonds is 5. The molecule has 1 heteroatoms. The van der Waals surface area contributed by atoms with Gasteiger partial charge in [0.15, 0.2) is 0 Å². The maximum Gasteiger partial charge on any atom is 0.0793 e. The number of aliphatic hydroxyl groups is 1. The lowest BCUT2D eigenvalue weighted by molar-refractivity contribution is 0.168. The Kier molecular flexibility index (Phi) is 4.40. The highest BCUT2D eigenvalue weighted by Gasteiger charge is 2.19. The van der Waals surface area contributed by atoms with Crippen LogP contribution in [-0.2, 0) is 6.42 Å². The van der Waals surface area contributed by atoms with Gasteiger partial charge in [-0.25, -0.2) is 0 Å². The van der Waals surface area contributed by atoms with Crippen LogP contribution in [0.1, 0.15) is 60.0 Å². The zero-order valence-electron chi connectivity index (χ0n) is 12.8. The first-order valence-electron chi connectivity index (χ1n) is 8.06. The maximum absolute atomic E-state index is 10.4. The van der Waals surface area contributed by atoms with E-state index in [1.165, 1.54) is 36.0 Å². The Morgan fingerprint density at radius 3 is 2.48 bits per heavy atom. The molecule has 1 fully saturated rings. The standard InChI is InChI=1S/C20H24O/c1-15-4-2-5-16(14-15)8-13-20(21)19-11-9-18(10-12-19)17-6-3-7-17/h2,4-5,9-12,14,17,20-21H,3,6-8,13H2,1H3. The highest BCUT2D eigenvalue weighted by atomic mass is 16.3. The fourth-order valence-corrected chi connectivity index (χ4v) is 3.07. The predicted molar refractivity (Wildman–Crippen MR) is 87.5 cm³/mol. The van der Waals surface area contributed by atoms with Crippen molar-refractivity contribution in [2.24, 2.45) is 0 Å². The molecular weight excluding hydrogens is 256 g/mol. The zero-order valence-corrected chi connectivity index (χ0v) is 12.8. The van der Waals surface area contributed by atoms with Gasteiger partial charge in [-0.1, -0.05) is 60.5 Å². The van der Waals surface area contributed by atoms with Crippen LogP contribution < -0.4 is 0 Å². The topological polar surface area (TPSA) is 20.2 Å². The van der Waals surface area contributed by atoms with Gasteiger partial charge in [0.2, 0.25) is 0 Å². The Morgan fingerprint density at radius 1 is 1.10 bits per heavy atom. The molecule has 0 aromatic heterocycles. The summed E-state index contributed by atoms with van der Waals surface area (Å²) in [5.41, 5.74) is 5.08. The molecule has 1 saturated carbocycles. The molecule has 2 aromatic carbocycles. The van der Waals surface area contributed by atoms with E-state index >= 15 is 0 Å². The second kappa shape index (κ2) is 6.44. The van der Waals surface area contributed by atoms with Crippen molar-refractivity contribution in [2.75, 3.05) is 0 Å². The Bertz CT molecular complexity index is 581. The van der Waals surface area contributed by atoms with Gasteiger partial charge in [0.25, 0.3) is 0 Å². The van der Waals surface area contributed by atoms with Crippen LogP contribution in [0, 0.1) is 6.92 Å². The SMILES string of the molecule is Cc1cccc(CCC(O)c2ccc(C3CCC3)cc2)c1. The Labute approximate surface area is 127 Å². The molecule has 21 heavy (non-hydrogen) atoms. The van der Waals surface area contributed by atoms with Gasteiger partial charge < -0.3 is 5.11 Å². The van der Waals surface area contributed by atoms with Gasteiger partial charge in [0, 0.05) is 0 Å². The van der Waals surface area contributed by atoms with Crippen LogP contribution in [0.5, 0.6) is 0 Å². The van der Waals surface area contributed by atoms with E-state index in [2.05, 4.69) is 55.5 Å². The summed E-state index contributed by atoms with van der Waals surface area (Å²) < 4.78 is 0. The van der Waals surface area contributed by atoms with Crippen LogP contribution >= 0.6 is 0 Å². The smallest absolute Gasteiger partial charge is 0.0793 e. The lowest BCUT2D eigenvalue weighted by Gasteiger charge is -2.26. The van der Waals surface area contributed by atoms with Gasteiger partial charge in [0.05, 0.1) is 6.10 Å². The lowest BCUT2D eigenvalue weighted by atomic mass is 9.80. The molecule has 0 saturated heterocycles. The Balaban J connectivity index is 1.58. The molecule has 1 N–H and O–H groups in total. The molecule has 0 spiro atoms. The second-order valence-corrected chi connectivity index (χ2v) is 6.34. The first kappa shape index (κ1) is 14.3. The van der Waals surface area contributed by atoms with E-state index in [-0.39, 0.29) is 6.10 Å². The molecule has 0 radical (unpaired) electrons. The molecule has 3 rings (SSSR count). The average molecular weight is 280 g/mol. The summed E-state index contributed by atoms with van der Waals surface area (Å²) in [6.07, 6.45) is 5.37. The molecule has 110 valence electrons. The van der Waals surface area contributed by atoms with Crippen LogP contribution in [0.3, 0.4) is 0 Å². The van der Waals surface area contributed by atoms with Crippen LogP contribution in [-0.4, -0.2) is 5.11 Å². The van der Waals surface area contributed by atoms with Gasteiger partial charge in [-0.3, -0.25) is 0 Å². The van der Waals surface area contributed by atoms with E-state index in [1.54, 1.807) is 0 Å². The molecule has 0 heterocycles. The number of aliphatic hydroxyl groups excluding tert-OH is 1. The van der Waals surface area contributed by atoms with E-state index in [0.29, 0.717) is 0 Å². The molecule has 1 aliphatic carbocycles. The number of aryl methyl sites for hydroxylation is 2. The predicted octanol–water partition coefficient (Wildman–Crippen LogP) is 4.93. The van der Waals surface area contributed by atoms with Crippen molar-refractivity contribution in [1.82, 2.24) is 0 Å². The van der Waals surface area contributed by atoms with Gasteiger partial charge >= 0.3 is 0 Å². The van der Waals surface area contributed by atoms with Crippen LogP contribution in [0.15, 0.2) is 48.5 Å². The largest absolute Gasteiger partial charge is 0.388 e. The molecular formula is C20H24O. The van der Waals surface area contributed by atoms with Gasteiger partial charge in [0.1, 0.15) is 0 Å². The summed E-state index contributed by atoms with van der Waals surface area (Å²) in [5, 5.41) is 10.4. The monoisotopic (exact) mass is 280 g/mol. The first-order valence-corrected chi connectivity index (χ1v) is 8.06. The van der Waals surface area contributed by atoms with Crippen molar-refractivity contribution in [1.29, 1.82) is 0 Å². The normalized spacial score (nSPS) is 16.5. The van der Waals surface area contributed by atoms with Gasteiger partial charge in [-0.15, -0.1) is 0 Å². The lowest BCUT2D eigenvalue weighted by Crippen LogP contribution is -2.08. The highest BCUT2D eigenvalue weighted by Crippen LogP contribution is 2.36. The number of benzene rings is 2. The van der Waals surface area contributed by atoms with Crippen molar-refractivity contribution in [2.45, 2.75) is 51.0 Å². The van der Waals surface area contributed by atoms with Crippen molar-refractivity contribution >= 4 is 0 Å². The van der Waals surface area contributed by atoms with Crippen molar-refractivity contribution in [3.8, 4) is 0 Å². The molecule has 1 nitrogen and oxygen atoms in total. The van der Waals surface area contributed by atoms with Crippen molar-refractivity contribution < 1.29 is 5.11 Å². The van der Waals surface area contributed by atoms with E-state index in [4.69, 9.17) is 0 Å². The molecule has 1 atom stereocenters. The Hall–Kier alpha value is -1.60. The minimum Gasteiger partial charge on any atom is -0.388 e. The summed E-state index contributed by atoms with van der Waals surface area (Å²) >= 11 is 0. The zero-order chi connectivity index (χ0) is 14.7. The third kappa shape index (κ3) is 3.54. The van der Waals surface area contributed by atoms with Crippen LogP contribution in [0.4, 0.5) is 0 Å². The quantitative estimate of drug-likeness (QED) is 0.823. The van der Waals surface area contributed by atoms with Crippen LogP contribution in [0.25, 0.3) is 0 Å². The maximum atomic E-state index is 10.4.